The largest absolute Gasteiger partial charge is 0.508 e. The molecular weight excluding hydrogens is 356 g/mol. The molecule has 0 radical (unpaired) electrons. The highest BCUT2D eigenvalue weighted by Gasteiger charge is 2.01. The van der Waals surface area contributed by atoms with Crippen LogP contribution in [0.5, 0.6) is 11.5 Å². The van der Waals surface area contributed by atoms with Gasteiger partial charge in [-0.15, -0.1) is 0 Å². The molecule has 0 heterocycles. The molecule has 0 saturated carbocycles. The summed E-state index contributed by atoms with van der Waals surface area (Å²) in [6.45, 7) is 0.570. The molecule has 5 nitrogen and oxygen atoms in total. The monoisotopic (exact) mass is 382 g/mol. The second-order valence-corrected chi connectivity index (χ2v) is 5.88. The first-order valence-corrected chi connectivity index (χ1v) is 9.12. The van der Waals surface area contributed by atoms with Crippen molar-refractivity contribution in [3.05, 3.63) is 71.8 Å². The Morgan fingerprint density at radius 1 is 0.714 bits per heavy atom. The summed E-state index contributed by atoms with van der Waals surface area (Å²) in [6.07, 6.45) is 8.45. The number of ether oxygens (including phenoxy) is 4. The van der Waals surface area contributed by atoms with E-state index in [0.717, 1.165) is 22.6 Å². The first-order chi connectivity index (χ1) is 13.7. The van der Waals surface area contributed by atoms with Crippen LogP contribution in [0.4, 0.5) is 4.79 Å². The molecule has 148 valence electrons. The molecule has 0 spiro atoms. The molecule has 0 atom stereocenters. The normalized spacial score (nSPS) is 10.9. The topological polar surface area (TPSA) is 54.0 Å². The van der Waals surface area contributed by atoms with Crippen LogP contribution in [-0.4, -0.2) is 33.6 Å². The van der Waals surface area contributed by atoms with Crippen molar-refractivity contribution in [2.24, 2.45) is 0 Å². The van der Waals surface area contributed by atoms with Gasteiger partial charge in [-0.05, 0) is 35.4 Å². The molecule has 0 N–H and O–H groups in total. The molecule has 2 rings (SSSR count). The van der Waals surface area contributed by atoms with Gasteiger partial charge in [-0.25, -0.2) is 4.79 Å². The van der Waals surface area contributed by atoms with Gasteiger partial charge in [0, 0.05) is 12.8 Å². The summed E-state index contributed by atoms with van der Waals surface area (Å²) in [6, 6.07) is 15.4. The van der Waals surface area contributed by atoms with Crippen LogP contribution in [0.25, 0.3) is 12.2 Å². The second-order valence-electron chi connectivity index (χ2n) is 5.88. The fraction of sp³-hybridized carbons (Fsp3) is 0.261. The van der Waals surface area contributed by atoms with E-state index in [9.17, 15) is 4.79 Å². The highest BCUT2D eigenvalue weighted by molar-refractivity contribution is 5.60. The van der Waals surface area contributed by atoms with E-state index in [1.807, 2.05) is 72.8 Å². The molecule has 0 aliphatic heterocycles. The van der Waals surface area contributed by atoms with Crippen molar-refractivity contribution in [1.29, 1.82) is 0 Å². The highest BCUT2D eigenvalue weighted by atomic mass is 16.7. The summed E-state index contributed by atoms with van der Waals surface area (Å²) in [5.74, 6) is 1.64. The molecule has 0 saturated heterocycles. The lowest BCUT2D eigenvalue weighted by molar-refractivity contribution is 0.0578. The summed E-state index contributed by atoms with van der Waals surface area (Å²) in [7, 11) is 3.27. The molecule has 0 aliphatic rings. The van der Waals surface area contributed by atoms with Crippen LogP contribution in [0.15, 0.2) is 60.7 Å². The smallest absolute Gasteiger partial charge is 0.497 e. The minimum absolute atomic E-state index is 0.285. The average molecular weight is 382 g/mol. The predicted octanol–water partition coefficient (Wildman–Crippen LogP) is 5.36. The van der Waals surface area contributed by atoms with Crippen LogP contribution in [-0.2, 0) is 9.47 Å². The Kier molecular flexibility index (Phi) is 9.21. The van der Waals surface area contributed by atoms with Gasteiger partial charge in [0.1, 0.15) is 11.5 Å². The molecule has 0 amide bonds. The van der Waals surface area contributed by atoms with Gasteiger partial charge in [-0.3, -0.25) is 0 Å². The molecule has 28 heavy (non-hydrogen) atoms. The van der Waals surface area contributed by atoms with Gasteiger partial charge in [0.15, 0.2) is 0 Å². The zero-order valence-electron chi connectivity index (χ0n) is 16.3. The number of carbonyl (C=O) groups is 1. The van der Waals surface area contributed by atoms with Gasteiger partial charge in [0.25, 0.3) is 0 Å². The molecular formula is C23H26O5. The van der Waals surface area contributed by atoms with Gasteiger partial charge >= 0.3 is 6.16 Å². The van der Waals surface area contributed by atoms with Crippen molar-refractivity contribution in [3.63, 3.8) is 0 Å². The van der Waals surface area contributed by atoms with E-state index in [1.165, 1.54) is 0 Å². The number of methoxy groups -OCH3 is 2. The maximum Gasteiger partial charge on any atom is 0.508 e. The van der Waals surface area contributed by atoms with Crippen molar-refractivity contribution in [2.45, 2.75) is 12.8 Å². The first kappa shape index (κ1) is 21.1. The molecule has 0 unspecified atom stereocenters. The van der Waals surface area contributed by atoms with Crippen molar-refractivity contribution >= 4 is 18.3 Å². The Morgan fingerprint density at radius 3 is 1.46 bits per heavy atom. The Bertz CT molecular complexity index is 695. The third-order valence-electron chi connectivity index (χ3n) is 3.86. The Hall–Kier alpha value is -3.21. The molecule has 5 heteroatoms. The quantitative estimate of drug-likeness (QED) is 0.409. The maximum atomic E-state index is 11.5. The summed E-state index contributed by atoms with van der Waals surface area (Å²) in [4.78, 5) is 11.5. The molecule has 0 fully saturated rings. The van der Waals surface area contributed by atoms with Gasteiger partial charge in [-0.2, -0.15) is 0 Å². The summed E-state index contributed by atoms with van der Waals surface area (Å²) in [5.41, 5.74) is 2.12. The zero-order chi connectivity index (χ0) is 20.0. The molecule has 0 aromatic heterocycles. The van der Waals surface area contributed by atoms with E-state index in [2.05, 4.69) is 0 Å². The lowest BCUT2D eigenvalue weighted by atomic mass is 10.2. The van der Waals surface area contributed by atoms with Gasteiger partial charge in [0.2, 0.25) is 0 Å². The van der Waals surface area contributed by atoms with Crippen LogP contribution in [0.1, 0.15) is 24.0 Å². The fourth-order valence-electron chi connectivity index (χ4n) is 2.33. The Balaban J connectivity index is 1.55. The van der Waals surface area contributed by atoms with Gasteiger partial charge in [-0.1, -0.05) is 48.6 Å². The Labute approximate surface area is 166 Å². The van der Waals surface area contributed by atoms with Crippen LogP contribution in [0.3, 0.4) is 0 Å². The van der Waals surface area contributed by atoms with Crippen molar-refractivity contribution in [2.75, 3.05) is 27.4 Å². The van der Waals surface area contributed by atoms with Crippen molar-refractivity contribution < 1.29 is 23.7 Å². The fourth-order valence-corrected chi connectivity index (χ4v) is 2.33. The minimum Gasteiger partial charge on any atom is -0.497 e. The molecule has 2 aromatic carbocycles. The summed E-state index contributed by atoms with van der Waals surface area (Å²) >= 11 is 0. The van der Waals surface area contributed by atoms with Gasteiger partial charge in [0.05, 0.1) is 27.4 Å². The standard InChI is InChI=1S/C23H26O5/c1-25-21-13-9-19(10-14-21)7-3-5-17-27-23(24)28-18-6-4-8-20-11-15-22(26-2)16-12-20/h3-4,7-16H,5-6,17-18H2,1-2H3. The zero-order valence-corrected chi connectivity index (χ0v) is 16.3. The second kappa shape index (κ2) is 12.2. The van der Waals surface area contributed by atoms with Crippen molar-refractivity contribution in [3.8, 4) is 11.5 Å². The number of carbonyl (C=O) groups excluding carboxylic acids is 1. The first-order valence-electron chi connectivity index (χ1n) is 9.12. The van der Waals surface area contributed by atoms with Crippen LogP contribution in [0.2, 0.25) is 0 Å². The van der Waals surface area contributed by atoms with Crippen LogP contribution < -0.4 is 9.47 Å². The van der Waals surface area contributed by atoms with E-state index in [-0.39, 0.29) is 13.2 Å². The maximum absolute atomic E-state index is 11.5. The van der Waals surface area contributed by atoms with E-state index in [0.29, 0.717) is 12.8 Å². The average Bonchev–Trinajstić information content (AvgIpc) is 2.74. The minimum atomic E-state index is -0.643. The van der Waals surface area contributed by atoms with Crippen LogP contribution in [0, 0.1) is 0 Å². The lowest BCUT2D eigenvalue weighted by Gasteiger charge is -2.04. The number of benzene rings is 2. The molecule has 0 bridgehead atoms. The van der Waals surface area contributed by atoms with E-state index in [1.54, 1.807) is 14.2 Å². The van der Waals surface area contributed by atoms with E-state index >= 15 is 0 Å². The third kappa shape index (κ3) is 7.99. The van der Waals surface area contributed by atoms with Gasteiger partial charge < -0.3 is 18.9 Å². The molecule has 2 aromatic rings. The van der Waals surface area contributed by atoms with Crippen molar-refractivity contribution in [1.82, 2.24) is 0 Å². The summed E-state index contributed by atoms with van der Waals surface area (Å²) < 4.78 is 20.3. The summed E-state index contributed by atoms with van der Waals surface area (Å²) in [5, 5.41) is 0. The van der Waals surface area contributed by atoms with Crippen LogP contribution >= 0.6 is 0 Å². The number of rotatable bonds is 10. The predicted molar refractivity (Wildman–Crippen MR) is 111 cm³/mol. The SMILES string of the molecule is COc1ccc(C=CCCOC(=O)OCCC=Cc2ccc(OC)cc2)cc1. The molecule has 0 aliphatic carbocycles. The number of hydrogen-bond acceptors (Lipinski definition) is 5. The Morgan fingerprint density at radius 2 is 1.11 bits per heavy atom. The van der Waals surface area contributed by atoms with E-state index < -0.39 is 6.16 Å². The number of hydrogen-bond donors (Lipinski definition) is 0. The highest BCUT2D eigenvalue weighted by Crippen LogP contribution is 2.13. The lowest BCUT2D eigenvalue weighted by Crippen LogP contribution is -2.08. The third-order valence-corrected chi connectivity index (χ3v) is 3.86. The van der Waals surface area contributed by atoms with E-state index in [4.69, 9.17) is 18.9 Å².